The molecule has 1 rings (SSSR count). The summed E-state index contributed by atoms with van der Waals surface area (Å²) in [6.45, 7) is 0.371. The van der Waals surface area contributed by atoms with Crippen molar-refractivity contribution in [3.8, 4) is 5.75 Å². The average Bonchev–Trinajstić information content (AvgIpc) is 2.20. The summed E-state index contributed by atoms with van der Waals surface area (Å²) in [5.74, 6) is -0.233. The van der Waals surface area contributed by atoms with Crippen molar-refractivity contribution in [2.75, 3.05) is 13.6 Å². The monoisotopic (exact) mass is 234 g/mol. The highest BCUT2D eigenvalue weighted by Gasteiger charge is 2.30. The van der Waals surface area contributed by atoms with Gasteiger partial charge in [0.25, 0.3) is 0 Å². The highest BCUT2D eigenvalue weighted by atomic mass is 19.4. The van der Waals surface area contributed by atoms with E-state index in [2.05, 4.69) is 10.1 Å². The molecule has 0 aliphatic rings. The van der Waals surface area contributed by atoms with Crippen molar-refractivity contribution in [3.05, 3.63) is 29.8 Å². The van der Waals surface area contributed by atoms with Crippen LogP contribution in [0.3, 0.4) is 0 Å². The molecule has 0 aliphatic heterocycles. The molecule has 0 radical (unpaired) electrons. The van der Waals surface area contributed by atoms with Crippen molar-refractivity contribution >= 4 is 0 Å². The number of hydrogen-bond acceptors (Lipinski definition) is 3. The fourth-order valence-corrected chi connectivity index (χ4v) is 1.32. The van der Waals surface area contributed by atoms with E-state index in [0.717, 1.165) is 5.56 Å². The third-order valence-corrected chi connectivity index (χ3v) is 2.10. The molecule has 0 saturated carbocycles. The summed E-state index contributed by atoms with van der Waals surface area (Å²) in [7, 11) is 1.73. The van der Waals surface area contributed by atoms with E-state index in [4.69, 9.17) is 5.73 Å². The first-order chi connectivity index (χ1) is 7.46. The van der Waals surface area contributed by atoms with Crippen LogP contribution >= 0.6 is 0 Å². The molecular formula is C10H13F3N2O. The lowest BCUT2D eigenvalue weighted by Gasteiger charge is -2.15. The normalized spacial score (nSPS) is 13.6. The van der Waals surface area contributed by atoms with Crippen molar-refractivity contribution in [1.29, 1.82) is 0 Å². The Bertz CT molecular complexity index is 320. The Labute approximate surface area is 91.4 Å². The number of halogens is 3. The molecule has 1 atom stereocenters. The molecule has 0 saturated heterocycles. The van der Waals surface area contributed by atoms with E-state index < -0.39 is 6.36 Å². The second kappa shape index (κ2) is 5.18. The minimum atomic E-state index is -4.65. The predicted molar refractivity (Wildman–Crippen MR) is 54.0 cm³/mol. The number of ether oxygens (including phenoxy) is 1. The molecule has 0 amide bonds. The van der Waals surface area contributed by atoms with E-state index in [1.165, 1.54) is 12.1 Å². The van der Waals surface area contributed by atoms with Crippen molar-refractivity contribution in [1.82, 2.24) is 5.32 Å². The summed E-state index contributed by atoms with van der Waals surface area (Å²) < 4.78 is 39.4. The molecular weight excluding hydrogens is 221 g/mol. The summed E-state index contributed by atoms with van der Waals surface area (Å²) in [5.41, 5.74) is 6.30. The summed E-state index contributed by atoms with van der Waals surface area (Å²) in [4.78, 5) is 0. The molecule has 16 heavy (non-hydrogen) atoms. The Morgan fingerprint density at radius 3 is 2.25 bits per heavy atom. The van der Waals surface area contributed by atoms with Crippen LogP contribution in [0.25, 0.3) is 0 Å². The highest BCUT2D eigenvalue weighted by molar-refractivity contribution is 5.29. The van der Waals surface area contributed by atoms with Gasteiger partial charge in [-0.3, -0.25) is 0 Å². The van der Waals surface area contributed by atoms with E-state index in [1.54, 1.807) is 19.2 Å². The van der Waals surface area contributed by atoms with Crippen LogP contribution in [-0.4, -0.2) is 20.0 Å². The number of likely N-dealkylation sites (N-methyl/N-ethyl adjacent to an activating group) is 1. The first kappa shape index (κ1) is 12.8. The van der Waals surface area contributed by atoms with Gasteiger partial charge in [-0.05, 0) is 24.7 Å². The van der Waals surface area contributed by atoms with Crippen LogP contribution in [-0.2, 0) is 0 Å². The minimum absolute atomic E-state index is 0.0695. The van der Waals surface area contributed by atoms with Gasteiger partial charge in [0.1, 0.15) is 5.75 Å². The molecule has 90 valence electrons. The number of alkyl halides is 3. The predicted octanol–water partition coefficient (Wildman–Crippen LogP) is 1.80. The molecule has 3 N–H and O–H groups in total. The molecule has 0 spiro atoms. The Balaban J connectivity index is 2.75. The maximum absolute atomic E-state index is 11.9. The Morgan fingerprint density at radius 1 is 1.31 bits per heavy atom. The van der Waals surface area contributed by atoms with Gasteiger partial charge in [0.05, 0.1) is 0 Å². The first-order valence-corrected chi connectivity index (χ1v) is 4.69. The van der Waals surface area contributed by atoms with Crippen molar-refractivity contribution in [2.45, 2.75) is 12.4 Å². The van der Waals surface area contributed by atoms with E-state index in [1.807, 2.05) is 0 Å². The lowest BCUT2D eigenvalue weighted by molar-refractivity contribution is -0.274. The molecule has 3 nitrogen and oxygen atoms in total. The van der Waals surface area contributed by atoms with Crippen molar-refractivity contribution in [3.63, 3.8) is 0 Å². The van der Waals surface area contributed by atoms with E-state index in [9.17, 15) is 13.2 Å². The zero-order chi connectivity index (χ0) is 12.2. The lowest BCUT2D eigenvalue weighted by Crippen LogP contribution is -2.24. The molecule has 0 aliphatic carbocycles. The molecule has 1 aromatic carbocycles. The number of rotatable bonds is 4. The van der Waals surface area contributed by atoms with Gasteiger partial charge in [-0.25, -0.2) is 0 Å². The van der Waals surface area contributed by atoms with Crippen molar-refractivity contribution in [2.24, 2.45) is 5.73 Å². The average molecular weight is 234 g/mol. The second-order valence-electron chi connectivity index (χ2n) is 3.19. The quantitative estimate of drug-likeness (QED) is 0.835. The van der Waals surface area contributed by atoms with Gasteiger partial charge in [0, 0.05) is 12.6 Å². The zero-order valence-corrected chi connectivity index (χ0v) is 8.71. The minimum Gasteiger partial charge on any atom is -0.406 e. The largest absolute Gasteiger partial charge is 0.573 e. The Hall–Kier alpha value is -1.27. The third-order valence-electron chi connectivity index (χ3n) is 2.10. The van der Waals surface area contributed by atoms with Crippen LogP contribution < -0.4 is 15.8 Å². The van der Waals surface area contributed by atoms with E-state index in [0.29, 0.717) is 6.54 Å². The van der Waals surface area contributed by atoms with Gasteiger partial charge in [0.15, 0.2) is 0 Å². The smallest absolute Gasteiger partial charge is 0.406 e. The van der Waals surface area contributed by atoms with Crippen LogP contribution in [0.5, 0.6) is 5.75 Å². The summed E-state index contributed by atoms with van der Waals surface area (Å²) in [6, 6.07) is 5.57. The van der Waals surface area contributed by atoms with Crippen LogP contribution in [0.2, 0.25) is 0 Å². The van der Waals surface area contributed by atoms with Crippen molar-refractivity contribution < 1.29 is 17.9 Å². The Kier molecular flexibility index (Phi) is 4.14. The number of nitrogens with two attached hydrogens (primary N) is 1. The highest BCUT2D eigenvalue weighted by Crippen LogP contribution is 2.24. The van der Waals surface area contributed by atoms with Gasteiger partial charge >= 0.3 is 6.36 Å². The maximum Gasteiger partial charge on any atom is 0.573 e. The fraction of sp³-hybridized carbons (Fsp3) is 0.400. The van der Waals surface area contributed by atoms with E-state index in [-0.39, 0.29) is 11.8 Å². The van der Waals surface area contributed by atoms with Crippen LogP contribution in [0.15, 0.2) is 24.3 Å². The molecule has 0 fully saturated rings. The van der Waals surface area contributed by atoms with Gasteiger partial charge in [-0.15, -0.1) is 13.2 Å². The molecule has 6 heteroatoms. The third kappa shape index (κ3) is 3.71. The summed E-state index contributed by atoms with van der Waals surface area (Å²) >= 11 is 0. The Morgan fingerprint density at radius 2 is 1.88 bits per heavy atom. The number of benzene rings is 1. The lowest BCUT2D eigenvalue weighted by atomic mass is 10.1. The van der Waals surface area contributed by atoms with Gasteiger partial charge in [-0.1, -0.05) is 12.1 Å². The number of nitrogens with one attached hydrogen (secondary N) is 1. The number of hydrogen-bond donors (Lipinski definition) is 2. The SMILES string of the molecule is CNC(CN)c1ccc(OC(F)(F)F)cc1. The topological polar surface area (TPSA) is 47.3 Å². The standard InChI is InChI=1S/C10H13F3N2O/c1-15-9(6-14)7-2-4-8(5-3-7)16-10(11,12)13/h2-5,9,15H,6,14H2,1H3. The molecule has 1 unspecified atom stereocenters. The summed E-state index contributed by atoms with van der Waals surface area (Å²) in [6.07, 6.45) is -4.65. The van der Waals surface area contributed by atoms with Gasteiger partial charge in [0.2, 0.25) is 0 Å². The van der Waals surface area contributed by atoms with E-state index >= 15 is 0 Å². The zero-order valence-electron chi connectivity index (χ0n) is 8.71. The van der Waals surface area contributed by atoms with Gasteiger partial charge in [-0.2, -0.15) is 0 Å². The van der Waals surface area contributed by atoms with Crippen LogP contribution in [0.4, 0.5) is 13.2 Å². The van der Waals surface area contributed by atoms with Crippen LogP contribution in [0.1, 0.15) is 11.6 Å². The molecule has 0 bridgehead atoms. The molecule has 0 heterocycles. The second-order valence-corrected chi connectivity index (χ2v) is 3.19. The fourth-order valence-electron chi connectivity index (χ4n) is 1.32. The van der Waals surface area contributed by atoms with Crippen LogP contribution in [0, 0.1) is 0 Å². The van der Waals surface area contributed by atoms with Gasteiger partial charge < -0.3 is 15.8 Å². The first-order valence-electron chi connectivity index (χ1n) is 4.69. The summed E-state index contributed by atoms with van der Waals surface area (Å²) in [5, 5.41) is 2.95. The molecule has 0 aromatic heterocycles. The molecule has 1 aromatic rings. The maximum atomic E-state index is 11.9.